The van der Waals surface area contributed by atoms with Crippen molar-refractivity contribution in [3.8, 4) is 5.75 Å². The molecule has 0 heterocycles. The molecule has 2 aromatic carbocycles. The molecule has 0 aromatic heterocycles. The average Bonchev–Trinajstić information content (AvgIpc) is 2.64. The Morgan fingerprint density at radius 1 is 0.960 bits per heavy atom. The highest BCUT2D eigenvalue weighted by atomic mass is 16.5. The van der Waals surface area contributed by atoms with Crippen molar-refractivity contribution in [2.45, 2.75) is 58.3 Å². The smallest absolute Gasteiger partial charge is 0.127 e. The zero-order chi connectivity index (χ0) is 17.6. The van der Waals surface area contributed by atoms with Gasteiger partial charge < -0.3 is 4.74 Å². The van der Waals surface area contributed by atoms with Gasteiger partial charge in [0.15, 0.2) is 0 Å². The molecule has 1 saturated carbocycles. The van der Waals surface area contributed by atoms with Crippen LogP contribution in [0, 0.1) is 12.8 Å². The molecule has 0 aliphatic heterocycles. The van der Waals surface area contributed by atoms with Gasteiger partial charge in [-0.25, -0.2) is 0 Å². The number of benzene rings is 2. The van der Waals surface area contributed by atoms with E-state index in [9.17, 15) is 0 Å². The van der Waals surface area contributed by atoms with Gasteiger partial charge >= 0.3 is 0 Å². The second-order valence-electron chi connectivity index (χ2n) is 7.47. The standard InChI is InChI=1S/C24H30O/c1-4-5-20-8-12-22(13-9-20)23-14-16-24(17-15-23)25-19(3)21-10-6-18(2)7-11-21/h6-7,10-11,14-17,20,22H,3-5,8-9,12-13H2,1-2H3. The molecule has 0 bridgehead atoms. The van der Waals surface area contributed by atoms with Gasteiger partial charge in [-0.1, -0.05) is 68.3 Å². The summed E-state index contributed by atoms with van der Waals surface area (Å²) >= 11 is 0. The van der Waals surface area contributed by atoms with Crippen molar-refractivity contribution in [3.05, 3.63) is 71.8 Å². The molecule has 1 fully saturated rings. The van der Waals surface area contributed by atoms with Crippen LogP contribution in [0.15, 0.2) is 55.1 Å². The van der Waals surface area contributed by atoms with Crippen molar-refractivity contribution in [2.24, 2.45) is 5.92 Å². The third-order valence-electron chi connectivity index (χ3n) is 5.51. The lowest BCUT2D eigenvalue weighted by Crippen LogP contribution is -2.13. The molecule has 1 heteroatoms. The molecule has 0 saturated heterocycles. The molecule has 1 aliphatic carbocycles. The fraction of sp³-hybridized carbons (Fsp3) is 0.417. The van der Waals surface area contributed by atoms with Gasteiger partial charge in [0.1, 0.15) is 11.5 Å². The van der Waals surface area contributed by atoms with E-state index < -0.39 is 0 Å². The van der Waals surface area contributed by atoms with Crippen LogP contribution in [0.25, 0.3) is 5.76 Å². The number of ether oxygens (including phenoxy) is 1. The molecule has 0 unspecified atom stereocenters. The molecule has 25 heavy (non-hydrogen) atoms. The summed E-state index contributed by atoms with van der Waals surface area (Å²) in [5.74, 6) is 3.26. The molecule has 2 aromatic rings. The largest absolute Gasteiger partial charge is 0.457 e. The lowest BCUT2D eigenvalue weighted by atomic mass is 9.77. The van der Waals surface area contributed by atoms with Crippen LogP contribution >= 0.6 is 0 Å². The van der Waals surface area contributed by atoms with Crippen LogP contribution in [0.2, 0.25) is 0 Å². The summed E-state index contributed by atoms with van der Waals surface area (Å²) in [5.41, 5.74) is 3.74. The van der Waals surface area contributed by atoms with Crippen molar-refractivity contribution in [1.29, 1.82) is 0 Å². The first-order valence-electron chi connectivity index (χ1n) is 9.69. The highest BCUT2D eigenvalue weighted by Crippen LogP contribution is 2.38. The molecule has 0 spiro atoms. The molecule has 0 atom stereocenters. The quantitative estimate of drug-likeness (QED) is 0.511. The van der Waals surface area contributed by atoms with E-state index in [1.165, 1.54) is 49.7 Å². The van der Waals surface area contributed by atoms with Crippen molar-refractivity contribution in [3.63, 3.8) is 0 Å². The highest BCUT2D eigenvalue weighted by molar-refractivity contribution is 5.60. The number of rotatable bonds is 6. The first kappa shape index (κ1) is 17.8. The van der Waals surface area contributed by atoms with Crippen molar-refractivity contribution in [2.75, 3.05) is 0 Å². The van der Waals surface area contributed by atoms with E-state index in [2.05, 4.69) is 69.0 Å². The Morgan fingerprint density at radius 3 is 2.20 bits per heavy atom. The van der Waals surface area contributed by atoms with Crippen molar-refractivity contribution < 1.29 is 4.74 Å². The Bertz CT molecular complexity index is 673. The molecule has 132 valence electrons. The van der Waals surface area contributed by atoms with Gasteiger partial charge in [-0.05, 0) is 62.1 Å². The van der Waals surface area contributed by atoms with E-state index in [4.69, 9.17) is 4.74 Å². The summed E-state index contributed by atoms with van der Waals surface area (Å²) in [4.78, 5) is 0. The van der Waals surface area contributed by atoms with Gasteiger partial charge in [-0.2, -0.15) is 0 Å². The summed E-state index contributed by atoms with van der Waals surface area (Å²) in [6.45, 7) is 8.45. The van der Waals surface area contributed by atoms with E-state index in [0.717, 1.165) is 23.1 Å². The fourth-order valence-electron chi connectivity index (χ4n) is 3.94. The third-order valence-corrected chi connectivity index (χ3v) is 5.51. The summed E-state index contributed by atoms with van der Waals surface area (Å²) in [7, 11) is 0. The maximum absolute atomic E-state index is 5.94. The normalized spacial score (nSPS) is 20.2. The Labute approximate surface area is 152 Å². The number of hydrogen-bond acceptors (Lipinski definition) is 1. The van der Waals surface area contributed by atoms with Gasteiger partial charge in [-0.15, -0.1) is 0 Å². The van der Waals surface area contributed by atoms with E-state index >= 15 is 0 Å². The monoisotopic (exact) mass is 334 g/mol. The zero-order valence-corrected chi connectivity index (χ0v) is 15.6. The van der Waals surface area contributed by atoms with Crippen LogP contribution in [0.3, 0.4) is 0 Å². The first-order chi connectivity index (χ1) is 12.2. The summed E-state index contributed by atoms with van der Waals surface area (Å²) < 4.78 is 5.94. The Hall–Kier alpha value is -2.02. The lowest BCUT2D eigenvalue weighted by Gasteiger charge is -2.28. The van der Waals surface area contributed by atoms with Crippen molar-refractivity contribution >= 4 is 5.76 Å². The molecule has 0 radical (unpaired) electrons. The predicted molar refractivity (Wildman–Crippen MR) is 107 cm³/mol. The van der Waals surface area contributed by atoms with Crippen LogP contribution in [-0.2, 0) is 0 Å². The molecular weight excluding hydrogens is 304 g/mol. The van der Waals surface area contributed by atoms with E-state index in [-0.39, 0.29) is 0 Å². The second kappa shape index (κ2) is 8.38. The maximum atomic E-state index is 5.94. The van der Waals surface area contributed by atoms with Gasteiger partial charge in [0, 0.05) is 5.56 Å². The van der Waals surface area contributed by atoms with Crippen molar-refractivity contribution in [1.82, 2.24) is 0 Å². The number of hydrogen-bond donors (Lipinski definition) is 0. The maximum Gasteiger partial charge on any atom is 0.127 e. The Balaban J connectivity index is 1.57. The third kappa shape index (κ3) is 4.75. The van der Waals surface area contributed by atoms with Gasteiger partial charge in [0.2, 0.25) is 0 Å². The van der Waals surface area contributed by atoms with E-state index in [1.807, 2.05) is 0 Å². The minimum absolute atomic E-state index is 0.702. The van der Waals surface area contributed by atoms with E-state index in [0.29, 0.717) is 5.76 Å². The number of aryl methyl sites for hydroxylation is 1. The summed E-state index contributed by atoms with van der Waals surface area (Å²) in [6, 6.07) is 16.9. The fourth-order valence-corrected chi connectivity index (χ4v) is 3.94. The molecule has 0 amide bonds. The van der Waals surface area contributed by atoms with Gasteiger partial charge in [-0.3, -0.25) is 0 Å². The topological polar surface area (TPSA) is 9.23 Å². The summed E-state index contributed by atoms with van der Waals surface area (Å²) in [5, 5.41) is 0. The van der Waals surface area contributed by atoms with Crippen LogP contribution in [0.4, 0.5) is 0 Å². The van der Waals surface area contributed by atoms with Crippen LogP contribution in [0.5, 0.6) is 5.75 Å². The minimum Gasteiger partial charge on any atom is -0.457 e. The van der Waals surface area contributed by atoms with E-state index in [1.54, 1.807) is 0 Å². The van der Waals surface area contributed by atoms with Crippen LogP contribution in [-0.4, -0.2) is 0 Å². The molecular formula is C24H30O. The minimum atomic E-state index is 0.702. The molecule has 0 N–H and O–H groups in total. The van der Waals surface area contributed by atoms with Crippen LogP contribution < -0.4 is 4.74 Å². The van der Waals surface area contributed by atoms with Crippen LogP contribution in [0.1, 0.15) is 68.1 Å². The average molecular weight is 335 g/mol. The highest BCUT2D eigenvalue weighted by Gasteiger charge is 2.21. The molecule has 1 nitrogen and oxygen atoms in total. The Morgan fingerprint density at radius 2 is 1.60 bits per heavy atom. The predicted octanol–water partition coefficient (Wildman–Crippen LogP) is 7.12. The second-order valence-corrected chi connectivity index (χ2v) is 7.47. The summed E-state index contributed by atoms with van der Waals surface area (Å²) in [6.07, 6.45) is 8.18. The zero-order valence-electron chi connectivity index (χ0n) is 15.6. The van der Waals surface area contributed by atoms with Gasteiger partial charge in [0.25, 0.3) is 0 Å². The SMILES string of the molecule is C=C(Oc1ccc(C2CCC(CCC)CC2)cc1)c1ccc(C)cc1. The lowest BCUT2D eigenvalue weighted by molar-refractivity contribution is 0.308. The molecule has 1 aliphatic rings. The van der Waals surface area contributed by atoms with Gasteiger partial charge in [0.05, 0.1) is 0 Å². The first-order valence-corrected chi connectivity index (χ1v) is 9.69. The Kier molecular flexibility index (Phi) is 5.96. The molecule has 3 rings (SSSR count).